The van der Waals surface area contributed by atoms with Crippen LogP contribution in [0.25, 0.3) is 6.08 Å². The zero-order valence-corrected chi connectivity index (χ0v) is 15.1. The van der Waals surface area contributed by atoms with Gasteiger partial charge in [-0.25, -0.2) is 0 Å². The summed E-state index contributed by atoms with van der Waals surface area (Å²) in [7, 11) is 0. The van der Waals surface area contributed by atoms with Gasteiger partial charge in [-0.1, -0.05) is 38.0 Å². The summed E-state index contributed by atoms with van der Waals surface area (Å²) in [6, 6.07) is 7.28. The second-order valence-corrected chi connectivity index (χ2v) is 6.03. The number of hydrogen-bond donors (Lipinski definition) is 1. The zero-order valence-electron chi connectivity index (χ0n) is 14.3. The Balaban J connectivity index is 2.10. The largest absolute Gasteiger partial charge is 0.494 e. The highest BCUT2D eigenvalue weighted by Crippen LogP contribution is 2.18. The van der Waals surface area contributed by atoms with E-state index in [1.165, 1.54) is 4.90 Å². The summed E-state index contributed by atoms with van der Waals surface area (Å²) in [5.74, 6) is -0.143. The molecule has 5 nitrogen and oxygen atoms in total. The standard InChI is InChI=1S/C19H22N2O3S/c1-3-5-6-12-24-15-9-7-14(8-10-15)13-16-17(22)20-19(25)21(11-4-2)18(16)23/h4,7-10,13H,2-3,5-6,11-12H2,1H3,(H,20,22,25). The molecule has 1 fully saturated rings. The third kappa shape index (κ3) is 5.00. The number of ether oxygens (including phenoxy) is 1. The van der Waals surface area contributed by atoms with Gasteiger partial charge in [0, 0.05) is 6.54 Å². The van der Waals surface area contributed by atoms with Crippen LogP contribution in [-0.2, 0) is 9.59 Å². The average Bonchev–Trinajstić information content (AvgIpc) is 2.60. The fourth-order valence-corrected chi connectivity index (χ4v) is 2.61. The highest BCUT2D eigenvalue weighted by atomic mass is 32.1. The number of benzene rings is 1. The summed E-state index contributed by atoms with van der Waals surface area (Å²) in [5.41, 5.74) is 0.790. The van der Waals surface area contributed by atoms with Crippen LogP contribution in [0.2, 0.25) is 0 Å². The van der Waals surface area contributed by atoms with Crippen LogP contribution in [0.3, 0.4) is 0 Å². The van der Waals surface area contributed by atoms with Crippen molar-refractivity contribution in [3.05, 3.63) is 48.1 Å². The Hall–Kier alpha value is -2.47. The summed E-state index contributed by atoms with van der Waals surface area (Å²) >= 11 is 5.02. The number of unbranched alkanes of at least 4 members (excludes halogenated alkanes) is 2. The van der Waals surface area contributed by atoms with E-state index in [1.54, 1.807) is 12.2 Å². The molecule has 1 heterocycles. The molecule has 0 bridgehead atoms. The molecular formula is C19H22N2O3S. The van der Waals surface area contributed by atoms with E-state index in [4.69, 9.17) is 17.0 Å². The van der Waals surface area contributed by atoms with Gasteiger partial charge in [0.1, 0.15) is 11.3 Å². The van der Waals surface area contributed by atoms with Gasteiger partial charge in [-0.3, -0.25) is 19.8 Å². The second kappa shape index (κ2) is 9.13. The first-order valence-electron chi connectivity index (χ1n) is 8.29. The van der Waals surface area contributed by atoms with Gasteiger partial charge in [-0.05, 0) is 42.4 Å². The Kier molecular flexibility index (Phi) is 6.89. The third-order valence-electron chi connectivity index (χ3n) is 3.71. The first kappa shape index (κ1) is 18.9. The molecule has 0 aromatic heterocycles. The maximum Gasteiger partial charge on any atom is 0.265 e. The highest BCUT2D eigenvalue weighted by Gasteiger charge is 2.32. The van der Waals surface area contributed by atoms with Gasteiger partial charge in [0.2, 0.25) is 0 Å². The molecule has 0 atom stereocenters. The zero-order chi connectivity index (χ0) is 18.2. The Labute approximate surface area is 153 Å². The molecule has 0 radical (unpaired) electrons. The summed E-state index contributed by atoms with van der Waals surface area (Å²) in [5, 5.41) is 2.62. The van der Waals surface area contributed by atoms with Crippen molar-refractivity contribution >= 4 is 35.2 Å². The molecule has 1 saturated heterocycles. The van der Waals surface area contributed by atoms with Crippen molar-refractivity contribution in [1.29, 1.82) is 0 Å². The van der Waals surface area contributed by atoms with Gasteiger partial charge in [0.05, 0.1) is 6.61 Å². The van der Waals surface area contributed by atoms with Crippen molar-refractivity contribution in [2.24, 2.45) is 0 Å². The predicted molar refractivity (Wildman–Crippen MR) is 102 cm³/mol. The molecular weight excluding hydrogens is 336 g/mol. The van der Waals surface area contributed by atoms with Crippen LogP contribution in [0.15, 0.2) is 42.5 Å². The summed E-state index contributed by atoms with van der Waals surface area (Å²) in [4.78, 5) is 25.8. The number of amides is 2. The van der Waals surface area contributed by atoms with Crippen molar-refractivity contribution in [3.8, 4) is 5.75 Å². The van der Waals surface area contributed by atoms with E-state index >= 15 is 0 Å². The molecule has 25 heavy (non-hydrogen) atoms. The molecule has 2 amide bonds. The quantitative estimate of drug-likeness (QED) is 0.255. The number of nitrogens with zero attached hydrogens (tertiary/aromatic N) is 1. The fraction of sp³-hybridized carbons (Fsp3) is 0.316. The van der Waals surface area contributed by atoms with Gasteiger partial charge >= 0.3 is 0 Å². The SMILES string of the molecule is C=CCN1C(=O)C(=Cc2ccc(OCCCCC)cc2)C(=O)NC1=S. The summed E-state index contributed by atoms with van der Waals surface area (Å²) in [6.45, 7) is 6.68. The van der Waals surface area contributed by atoms with Crippen molar-refractivity contribution in [3.63, 3.8) is 0 Å². The minimum absolute atomic E-state index is 0.0482. The number of thiocarbonyl (C=S) groups is 1. The van der Waals surface area contributed by atoms with Crippen molar-refractivity contribution in [2.75, 3.05) is 13.2 Å². The molecule has 2 rings (SSSR count). The Bertz CT molecular complexity index is 695. The smallest absolute Gasteiger partial charge is 0.265 e. The van der Waals surface area contributed by atoms with Crippen LogP contribution in [0, 0.1) is 0 Å². The Morgan fingerprint density at radius 3 is 2.60 bits per heavy atom. The summed E-state index contributed by atoms with van der Waals surface area (Å²) < 4.78 is 5.66. The molecule has 1 aromatic carbocycles. The van der Waals surface area contributed by atoms with E-state index in [-0.39, 0.29) is 17.2 Å². The van der Waals surface area contributed by atoms with Crippen LogP contribution in [0.4, 0.5) is 0 Å². The molecule has 1 aromatic rings. The minimum Gasteiger partial charge on any atom is -0.494 e. The number of nitrogens with one attached hydrogen (secondary N) is 1. The number of carbonyl (C=O) groups excluding carboxylic acids is 2. The lowest BCUT2D eigenvalue weighted by Crippen LogP contribution is -2.53. The molecule has 1 aliphatic heterocycles. The first-order valence-corrected chi connectivity index (χ1v) is 8.70. The van der Waals surface area contributed by atoms with E-state index in [0.29, 0.717) is 6.61 Å². The lowest BCUT2D eigenvalue weighted by Gasteiger charge is -2.27. The predicted octanol–water partition coefficient (Wildman–Crippen LogP) is 3.07. The van der Waals surface area contributed by atoms with Crippen molar-refractivity contribution in [2.45, 2.75) is 26.2 Å². The average molecular weight is 358 g/mol. The van der Waals surface area contributed by atoms with Gasteiger partial charge in [-0.15, -0.1) is 6.58 Å². The Morgan fingerprint density at radius 2 is 1.96 bits per heavy atom. The Morgan fingerprint density at radius 1 is 1.24 bits per heavy atom. The third-order valence-corrected chi connectivity index (χ3v) is 4.03. The number of rotatable bonds is 8. The van der Waals surface area contributed by atoms with Crippen LogP contribution >= 0.6 is 12.2 Å². The molecule has 6 heteroatoms. The normalized spacial score (nSPS) is 16.1. The molecule has 0 unspecified atom stereocenters. The molecule has 132 valence electrons. The lowest BCUT2D eigenvalue weighted by atomic mass is 10.1. The van der Waals surface area contributed by atoms with Gasteiger partial charge < -0.3 is 4.74 Å². The number of hydrogen-bond acceptors (Lipinski definition) is 4. The monoisotopic (exact) mass is 358 g/mol. The van der Waals surface area contributed by atoms with Crippen LogP contribution < -0.4 is 10.1 Å². The van der Waals surface area contributed by atoms with E-state index in [2.05, 4.69) is 18.8 Å². The van der Waals surface area contributed by atoms with E-state index in [1.807, 2.05) is 24.3 Å². The van der Waals surface area contributed by atoms with Crippen LogP contribution in [0.5, 0.6) is 5.75 Å². The van der Waals surface area contributed by atoms with Crippen LogP contribution in [-0.4, -0.2) is 35.0 Å². The minimum atomic E-state index is -0.491. The molecule has 0 spiro atoms. The molecule has 1 aliphatic rings. The fourth-order valence-electron chi connectivity index (χ4n) is 2.36. The molecule has 0 saturated carbocycles. The molecule has 0 aliphatic carbocycles. The molecule has 1 N–H and O–H groups in total. The van der Waals surface area contributed by atoms with Gasteiger partial charge in [-0.2, -0.15) is 0 Å². The van der Waals surface area contributed by atoms with E-state index in [0.717, 1.165) is 30.6 Å². The van der Waals surface area contributed by atoms with Gasteiger partial charge in [0.25, 0.3) is 11.8 Å². The number of carbonyl (C=O) groups is 2. The summed E-state index contributed by atoms with van der Waals surface area (Å²) in [6.07, 6.45) is 6.43. The first-order chi connectivity index (χ1) is 12.1. The topological polar surface area (TPSA) is 58.6 Å². The van der Waals surface area contributed by atoms with Gasteiger partial charge in [0.15, 0.2) is 5.11 Å². The van der Waals surface area contributed by atoms with E-state index < -0.39 is 11.8 Å². The van der Waals surface area contributed by atoms with Crippen molar-refractivity contribution in [1.82, 2.24) is 10.2 Å². The maximum absolute atomic E-state index is 12.4. The van der Waals surface area contributed by atoms with Crippen molar-refractivity contribution < 1.29 is 14.3 Å². The van der Waals surface area contributed by atoms with Crippen LogP contribution in [0.1, 0.15) is 31.7 Å². The second-order valence-electron chi connectivity index (χ2n) is 5.65. The van der Waals surface area contributed by atoms with E-state index in [9.17, 15) is 9.59 Å². The lowest BCUT2D eigenvalue weighted by molar-refractivity contribution is -0.128. The highest BCUT2D eigenvalue weighted by molar-refractivity contribution is 7.80. The maximum atomic E-state index is 12.4.